The highest BCUT2D eigenvalue weighted by molar-refractivity contribution is 5.12. The van der Waals surface area contributed by atoms with Gasteiger partial charge >= 0.3 is 0 Å². The third-order valence-corrected chi connectivity index (χ3v) is 4.28. The normalized spacial score (nSPS) is 27.0. The Morgan fingerprint density at radius 3 is 2.94 bits per heavy atom. The van der Waals surface area contributed by atoms with E-state index in [9.17, 15) is 0 Å². The van der Waals surface area contributed by atoms with Crippen LogP contribution in [0.3, 0.4) is 0 Å². The molecule has 3 heteroatoms. The van der Waals surface area contributed by atoms with E-state index >= 15 is 0 Å². The Labute approximate surface area is 103 Å². The van der Waals surface area contributed by atoms with E-state index in [2.05, 4.69) is 34.8 Å². The van der Waals surface area contributed by atoms with Gasteiger partial charge in [0.05, 0.1) is 19.3 Å². The number of aromatic nitrogens is 1. The van der Waals surface area contributed by atoms with Gasteiger partial charge in [0.25, 0.3) is 0 Å². The Balaban J connectivity index is 1.72. The van der Waals surface area contributed by atoms with E-state index in [-0.39, 0.29) is 0 Å². The van der Waals surface area contributed by atoms with Crippen molar-refractivity contribution in [3.63, 3.8) is 0 Å². The molecule has 1 saturated heterocycles. The van der Waals surface area contributed by atoms with E-state index in [0.717, 1.165) is 25.7 Å². The second kappa shape index (κ2) is 4.83. The number of aryl methyl sites for hydroxylation is 1. The van der Waals surface area contributed by atoms with Gasteiger partial charge in [-0.05, 0) is 30.9 Å². The number of nitrogens with zero attached hydrogens (tertiary/aromatic N) is 2. The van der Waals surface area contributed by atoms with Crippen molar-refractivity contribution in [2.75, 3.05) is 26.3 Å². The standard InChI is InChI=1S/C14H22N2O/c1-15-7-3-6-13(15)14-11-17-9-8-16(14)10-12-4-2-5-12/h3,6-7,12,14H,2,4-5,8-11H2,1H3/t14-/m1/s1. The van der Waals surface area contributed by atoms with Crippen LogP contribution in [0.25, 0.3) is 0 Å². The molecule has 94 valence electrons. The lowest BCUT2D eigenvalue weighted by molar-refractivity contribution is -0.0233. The van der Waals surface area contributed by atoms with Crippen LogP contribution < -0.4 is 0 Å². The van der Waals surface area contributed by atoms with Gasteiger partial charge in [-0.15, -0.1) is 0 Å². The minimum atomic E-state index is 0.462. The molecule has 0 N–H and O–H groups in total. The number of rotatable bonds is 3. The second-order valence-electron chi connectivity index (χ2n) is 5.43. The summed E-state index contributed by atoms with van der Waals surface area (Å²) in [6, 6.07) is 4.82. The van der Waals surface area contributed by atoms with Gasteiger partial charge in [-0.3, -0.25) is 4.90 Å². The van der Waals surface area contributed by atoms with E-state index in [1.54, 1.807) is 0 Å². The summed E-state index contributed by atoms with van der Waals surface area (Å²) in [5.74, 6) is 0.941. The Morgan fingerprint density at radius 2 is 2.29 bits per heavy atom. The molecule has 2 aliphatic rings. The molecule has 1 aromatic heterocycles. The van der Waals surface area contributed by atoms with Crippen LogP contribution in [0, 0.1) is 5.92 Å². The molecule has 1 aliphatic heterocycles. The smallest absolute Gasteiger partial charge is 0.0738 e. The monoisotopic (exact) mass is 234 g/mol. The fraction of sp³-hybridized carbons (Fsp3) is 0.714. The molecule has 1 saturated carbocycles. The largest absolute Gasteiger partial charge is 0.378 e. The molecule has 3 nitrogen and oxygen atoms in total. The minimum Gasteiger partial charge on any atom is -0.378 e. The summed E-state index contributed by atoms with van der Waals surface area (Å²) in [5.41, 5.74) is 1.39. The highest BCUT2D eigenvalue weighted by Crippen LogP contribution is 2.31. The zero-order chi connectivity index (χ0) is 11.7. The molecule has 1 aliphatic carbocycles. The van der Waals surface area contributed by atoms with E-state index in [1.165, 1.54) is 31.5 Å². The van der Waals surface area contributed by atoms with Crippen molar-refractivity contribution in [2.24, 2.45) is 13.0 Å². The number of ether oxygens (including phenoxy) is 1. The van der Waals surface area contributed by atoms with E-state index in [0.29, 0.717) is 6.04 Å². The molecule has 0 spiro atoms. The summed E-state index contributed by atoms with van der Waals surface area (Å²) in [4.78, 5) is 2.63. The van der Waals surface area contributed by atoms with Gasteiger partial charge in [-0.25, -0.2) is 0 Å². The fourth-order valence-corrected chi connectivity index (χ4v) is 2.96. The topological polar surface area (TPSA) is 17.4 Å². The average Bonchev–Trinajstić information content (AvgIpc) is 2.70. The van der Waals surface area contributed by atoms with Crippen LogP contribution in [0.1, 0.15) is 31.0 Å². The van der Waals surface area contributed by atoms with Gasteiger partial charge < -0.3 is 9.30 Å². The summed E-state index contributed by atoms with van der Waals surface area (Å²) in [6.45, 7) is 4.10. The maximum absolute atomic E-state index is 5.67. The van der Waals surface area contributed by atoms with Crippen molar-refractivity contribution in [3.8, 4) is 0 Å². The molecule has 0 bridgehead atoms. The van der Waals surface area contributed by atoms with Crippen LogP contribution >= 0.6 is 0 Å². The summed E-state index contributed by atoms with van der Waals surface area (Å²) in [7, 11) is 2.13. The Hall–Kier alpha value is -0.800. The molecule has 0 radical (unpaired) electrons. The Bertz CT molecular complexity index is 370. The molecular formula is C14H22N2O. The van der Waals surface area contributed by atoms with Gasteiger partial charge in [-0.2, -0.15) is 0 Å². The van der Waals surface area contributed by atoms with E-state index in [4.69, 9.17) is 4.74 Å². The summed E-state index contributed by atoms with van der Waals surface area (Å²) < 4.78 is 7.90. The highest BCUT2D eigenvalue weighted by atomic mass is 16.5. The molecule has 2 fully saturated rings. The fourth-order valence-electron chi connectivity index (χ4n) is 2.96. The summed E-state index contributed by atoms with van der Waals surface area (Å²) in [6.07, 6.45) is 6.42. The minimum absolute atomic E-state index is 0.462. The molecule has 0 unspecified atom stereocenters. The lowest BCUT2D eigenvalue weighted by atomic mass is 9.84. The van der Waals surface area contributed by atoms with E-state index in [1.807, 2.05) is 0 Å². The Morgan fingerprint density at radius 1 is 1.41 bits per heavy atom. The highest BCUT2D eigenvalue weighted by Gasteiger charge is 2.29. The lowest BCUT2D eigenvalue weighted by Crippen LogP contribution is -2.43. The average molecular weight is 234 g/mol. The van der Waals surface area contributed by atoms with Crippen LogP contribution in [-0.4, -0.2) is 35.8 Å². The van der Waals surface area contributed by atoms with Crippen molar-refractivity contribution in [3.05, 3.63) is 24.0 Å². The van der Waals surface area contributed by atoms with Crippen molar-refractivity contribution < 1.29 is 4.74 Å². The van der Waals surface area contributed by atoms with Crippen molar-refractivity contribution in [2.45, 2.75) is 25.3 Å². The molecule has 3 rings (SSSR count). The first-order valence-electron chi connectivity index (χ1n) is 6.77. The van der Waals surface area contributed by atoms with Gasteiger partial charge in [0, 0.05) is 32.0 Å². The summed E-state index contributed by atoms with van der Waals surface area (Å²) in [5, 5.41) is 0. The van der Waals surface area contributed by atoms with Gasteiger partial charge in [-0.1, -0.05) is 6.42 Å². The maximum atomic E-state index is 5.67. The van der Waals surface area contributed by atoms with Crippen LogP contribution in [-0.2, 0) is 11.8 Å². The van der Waals surface area contributed by atoms with Crippen molar-refractivity contribution in [1.82, 2.24) is 9.47 Å². The summed E-state index contributed by atoms with van der Waals surface area (Å²) >= 11 is 0. The van der Waals surface area contributed by atoms with Crippen molar-refractivity contribution in [1.29, 1.82) is 0 Å². The molecule has 0 aromatic carbocycles. The third-order valence-electron chi connectivity index (χ3n) is 4.28. The predicted molar refractivity (Wildman–Crippen MR) is 67.9 cm³/mol. The van der Waals surface area contributed by atoms with Crippen LogP contribution in [0.15, 0.2) is 18.3 Å². The molecular weight excluding hydrogens is 212 g/mol. The second-order valence-corrected chi connectivity index (χ2v) is 5.43. The SMILES string of the molecule is Cn1cccc1[C@H]1COCCN1CC1CCC1. The molecule has 2 heterocycles. The number of hydrogen-bond acceptors (Lipinski definition) is 2. The van der Waals surface area contributed by atoms with Crippen LogP contribution in [0.4, 0.5) is 0 Å². The maximum Gasteiger partial charge on any atom is 0.0738 e. The first-order valence-corrected chi connectivity index (χ1v) is 6.77. The van der Waals surface area contributed by atoms with Crippen LogP contribution in [0.5, 0.6) is 0 Å². The third kappa shape index (κ3) is 2.26. The molecule has 1 atom stereocenters. The quantitative estimate of drug-likeness (QED) is 0.797. The predicted octanol–water partition coefficient (Wildman–Crippen LogP) is 2.20. The lowest BCUT2D eigenvalue weighted by Gasteiger charge is -2.40. The molecule has 0 amide bonds. The zero-order valence-electron chi connectivity index (χ0n) is 10.6. The molecule has 1 aromatic rings. The molecule has 17 heavy (non-hydrogen) atoms. The van der Waals surface area contributed by atoms with E-state index < -0.39 is 0 Å². The number of hydrogen-bond donors (Lipinski definition) is 0. The number of morpholine rings is 1. The Kier molecular flexibility index (Phi) is 3.21. The van der Waals surface area contributed by atoms with Gasteiger partial charge in [0.2, 0.25) is 0 Å². The van der Waals surface area contributed by atoms with Gasteiger partial charge in [0.1, 0.15) is 0 Å². The first-order chi connectivity index (χ1) is 8.34. The van der Waals surface area contributed by atoms with Crippen LogP contribution in [0.2, 0.25) is 0 Å². The first kappa shape index (κ1) is 11.3. The van der Waals surface area contributed by atoms with Gasteiger partial charge in [0.15, 0.2) is 0 Å². The zero-order valence-corrected chi connectivity index (χ0v) is 10.6. The van der Waals surface area contributed by atoms with Crippen molar-refractivity contribution >= 4 is 0 Å².